The zero-order valence-electron chi connectivity index (χ0n) is 11.9. The second-order valence-electron chi connectivity index (χ2n) is 5.26. The number of hydrogen-bond acceptors (Lipinski definition) is 2. The number of fused-ring (bicyclic) bond motifs is 1. The van der Waals surface area contributed by atoms with Gasteiger partial charge in [-0.2, -0.15) is 0 Å². The molecular formula is C17H15ClN2O. The Morgan fingerprint density at radius 1 is 1.14 bits per heavy atom. The van der Waals surface area contributed by atoms with E-state index in [4.69, 9.17) is 11.6 Å². The molecule has 0 bridgehead atoms. The molecule has 0 unspecified atom stereocenters. The third kappa shape index (κ3) is 2.45. The van der Waals surface area contributed by atoms with Gasteiger partial charge in [-0.1, -0.05) is 41.9 Å². The Hall–Kier alpha value is -2.13. The van der Waals surface area contributed by atoms with Crippen LogP contribution in [0.3, 0.4) is 0 Å². The lowest BCUT2D eigenvalue weighted by molar-refractivity contribution is 0.601. The standard InChI is InChI=1S/C17H15ClN2O/c1-11(2)20-15-9-16(18)19-10-13(15)8-14(17(20)21)12-6-4-3-5-7-12/h3-11H,1-2H3. The van der Waals surface area contributed by atoms with E-state index in [-0.39, 0.29) is 11.6 Å². The highest BCUT2D eigenvalue weighted by Crippen LogP contribution is 2.24. The third-order valence-corrected chi connectivity index (χ3v) is 3.70. The number of hydrogen-bond donors (Lipinski definition) is 0. The number of aromatic nitrogens is 2. The first kappa shape index (κ1) is 13.8. The molecule has 0 amide bonds. The Labute approximate surface area is 127 Å². The van der Waals surface area contributed by atoms with Crippen molar-refractivity contribution in [3.63, 3.8) is 0 Å². The average molecular weight is 299 g/mol. The van der Waals surface area contributed by atoms with Crippen molar-refractivity contribution in [1.29, 1.82) is 0 Å². The molecule has 1 aromatic carbocycles. The lowest BCUT2D eigenvalue weighted by Crippen LogP contribution is -2.23. The van der Waals surface area contributed by atoms with Gasteiger partial charge >= 0.3 is 0 Å². The summed E-state index contributed by atoms with van der Waals surface area (Å²) >= 11 is 5.98. The van der Waals surface area contributed by atoms with E-state index in [1.807, 2.05) is 50.2 Å². The summed E-state index contributed by atoms with van der Waals surface area (Å²) in [5.74, 6) is 0. The second kappa shape index (κ2) is 5.34. The van der Waals surface area contributed by atoms with Gasteiger partial charge in [-0.15, -0.1) is 0 Å². The van der Waals surface area contributed by atoms with E-state index < -0.39 is 0 Å². The molecule has 0 aliphatic heterocycles. The minimum atomic E-state index is -0.00836. The van der Waals surface area contributed by atoms with Gasteiger partial charge in [0, 0.05) is 23.2 Å². The molecule has 3 nitrogen and oxygen atoms in total. The van der Waals surface area contributed by atoms with E-state index in [1.54, 1.807) is 16.8 Å². The van der Waals surface area contributed by atoms with Gasteiger partial charge in [0.25, 0.3) is 5.56 Å². The van der Waals surface area contributed by atoms with Crippen LogP contribution in [0.15, 0.2) is 53.5 Å². The van der Waals surface area contributed by atoms with Crippen molar-refractivity contribution < 1.29 is 0 Å². The van der Waals surface area contributed by atoms with Crippen molar-refractivity contribution in [2.24, 2.45) is 0 Å². The first-order chi connectivity index (χ1) is 10.1. The van der Waals surface area contributed by atoms with Crippen molar-refractivity contribution in [3.8, 4) is 11.1 Å². The lowest BCUT2D eigenvalue weighted by atomic mass is 10.1. The number of nitrogens with zero attached hydrogens (tertiary/aromatic N) is 2. The second-order valence-corrected chi connectivity index (χ2v) is 5.65. The molecule has 21 heavy (non-hydrogen) atoms. The summed E-state index contributed by atoms with van der Waals surface area (Å²) in [5.41, 5.74) is 2.40. The fourth-order valence-corrected chi connectivity index (χ4v) is 2.70. The fraction of sp³-hybridized carbons (Fsp3) is 0.176. The maximum atomic E-state index is 12.8. The normalized spacial score (nSPS) is 11.2. The van der Waals surface area contributed by atoms with Gasteiger partial charge in [0.05, 0.1) is 5.52 Å². The largest absolute Gasteiger partial charge is 0.305 e. The summed E-state index contributed by atoms with van der Waals surface area (Å²) in [7, 11) is 0. The van der Waals surface area contributed by atoms with Crippen LogP contribution in [0.1, 0.15) is 19.9 Å². The van der Waals surface area contributed by atoms with Crippen LogP contribution in [0.2, 0.25) is 5.15 Å². The van der Waals surface area contributed by atoms with Gasteiger partial charge in [-0.05, 0) is 31.5 Å². The Morgan fingerprint density at radius 2 is 1.86 bits per heavy atom. The zero-order chi connectivity index (χ0) is 15.0. The van der Waals surface area contributed by atoms with Crippen molar-refractivity contribution in [2.45, 2.75) is 19.9 Å². The van der Waals surface area contributed by atoms with E-state index in [0.29, 0.717) is 10.7 Å². The lowest BCUT2D eigenvalue weighted by Gasteiger charge is -2.16. The Morgan fingerprint density at radius 3 is 2.52 bits per heavy atom. The molecule has 2 aromatic heterocycles. The topological polar surface area (TPSA) is 34.9 Å². The van der Waals surface area contributed by atoms with Gasteiger partial charge in [0.1, 0.15) is 5.15 Å². The molecular weight excluding hydrogens is 284 g/mol. The molecule has 4 heteroatoms. The third-order valence-electron chi connectivity index (χ3n) is 3.49. The van der Waals surface area contributed by atoms with Crippen LogP contribution in [0.5, 0.6) is 0 Å². The molecule has 3 rings (SSSR count). The van der Waals surface area contributed by atoms with E-state index >= 15 is 0 Å². The molecule has 0 saturated heterocycles. The smallest absolute Gasteiger partial charge is 0.259 e. The molecule has 3 aromatic rings. The average Bonchev–Trinajstić information content (AvgIpc) is 2.47. The van der Waals surface area contributed by atoms with E-state index in [1.165, 1.54) is 0 Å². The summed E-state index contributed by atoms with van der Waals surface area (Å²) in [6, 6.07) is 13.3. The maximum Gasteiger partial charge on any atom is 0.259 e. The molecule has 0 aliphatic rings. The molecule has 2 heterocycles. The summed E-state index contributed by atoms with van der Waals surface area (Å²) in [5, 5.41) is 1.30. The molecule has 0 N–H and O–H groups in total. The van der Waals surface area contributed by atoms with E-state index in [2.05, 4.69) is 4.98 Å². The summed E-state index contributed by atoms with van der Waals surface area (Å²) in [6.07, 6.45) is 1.71. The van der Waals surface area contributed by atoms with Crippen molar-refractivity contribution in [2.75, 3.05) is 0 Å². The predicted molar refractivity (Wildman–Crippen MR) is 86.8 cm³/mol. The van der Waals surface area contributed by atoms with Crippen molar-refractivity contribution >= 4 is 22.5 Å². The molecule has 106 valence electrons. The van der Waals surface area contributed by atoms with Crippen LogP contribution in [-0.2, 0) is 0 Å². The van der Waals surface area contributed by atoms with Crippen molar-refractivity contribution in [3.05, 3.63) is 64.2 Å². The molecule has 0 aliphatic carbocycles. The SMILES string of the molecule is CC(C)n1c(=O)c(-c2ccccc2)cc2cnc(Cl)cc21. The Balaban J connectivity index is 2.41. The molecule has 0 radical (unpaired) electrons. The van der Waals surface area contributed by atoms with Crippen LogP contribution in [0.25, 0.3) is 22.0 Å². The zero-order valence-corrected chi connectivity index (χ0v) is 12.6. The van der Waals surface area contributed by atoms with Gasteiger partial charge < -0.3 is 4.57 Å². The highest BCUT2D eigenvalue weighted by molar-refractivity contribution is 6.30. The molecule has 0 saturated carbocycles. The number of benzene rings is 1. The first-order valence-electron chi connectivity index (χ1n) is 6.84. The van der Waals surface area contributed by atoms with Gasteiger partial charge in [0.2, 0.25) is 0 Å². The number of rotatable bonds is 2. The minimum absolute atomic E-state index is 0.00836. The highest BCUT2D eigenvalue weighted by atomic mass is 35.5. The summed E-state index contributed by atoms with van der Waals surface area (Å²) in [4.78, 5) is 17.0. The van der Waals surface area contributed by atoms with Gasteiger partial charge in [-0.3, -0.25) is 4.79 Å². The van der Waals surface area contributed by atoms with Crippen LogP contribution in [-0.4, -0.2) is 9.55 Å². The number of pyridine rings is 2. The minimum Gasteiger partial charge on any atom is -0.305 e. The fourth-order valence-electron chi connectivity index (χ4n) is 2.54. The van der Waals surface area contributed by atoms with Crippen molar-refractivity contribution in [1.82, 2.24) is 9.55 Å². The first-order valence-corrected chi connectivity index (χ1v) is 7.22. The summed E-state index contributed by atoms with van der Waals surface area (Å²) in [6.45, 7) is 3.98. The predicted octanol–water partition coefficient (Wildman–Crippen LogP) is 4.30. The molecule has 0 fully saturated rings. The molecule has 0 atom stereocenters. The number of halogens is 1. The molecule has 0 spiro atoms. The maximum absolute atomic E-state index is 12.8. The highest BCUT2D eigenvalue weighted by Gasteiger charge is 2.13. The van der Waals surface area contributed by atoms with Gasteiger partial charge in [0.15, 0.2) is 0 Å². The van der Waals surface area contributed by atoms with Crippen LogP contribution in [0, 0.1) is 0 Å². The van der Waals surface area contributed by atoms with E-state index in [0.717, 1.165) is 16.5 Å². The monoisotopic (exact) mass is 298 g/mol. The quantitative estimate of drug-likeness (QED) is 0.661. The van der Waals surface area contributed by atoms with Crippen LogP contribution >= 0.6 is 11.6 Å². The van der Waals surface area contributed by atoms with Crippen LogP contribution in [0.4, 0.5) is 0 Å². The van der Waals surface area contributed by atoms with Gasteiger partial charge in [-0.25, -0.2) is 4.98 Å². The van der Waals surface area contributed by atoms with E-state index in [9.17, 15) is 4.79 Å². The summed E-state index contributed by atoms with van der Waals surface area (Å²) < 4.78 is 1.77. The Bertz CT molecular complexity index is 854. The Kier molecular flexibility index (Phi) is 3.52. The van der Waals surface area contributed by atoms with Crippen LogP contribution < -0.4 is 5.56 Å².